The molecule has 1 fully saturated rings. The predicted octanol–water partition coefficient (Wildman–Crippen LogP) is 2.12. The molecule has 2 amide bonds. The van der Waals surface area contributed by atoms with E-state index < -0.39 is 6.04 Å². The van der Waals surface area contributed by atoms with Gasteiger partial charge in [-0.15, -0.1) is 0 Å². The van der Waals surface area contributed by atoms with Crippen molar-refractivity contribution in [3.63, 3.8) is 0 Å². The van der Waals surface area contributed by atoms with Crippen LogP contribution in [0.15, 0.2) is 24.3 Å². The van der Waals surface area contributed by atoms with Gasteiger partial charge in [0.15, 0.2) is 0 Å². The summed E-state index contributed by atoms with van der Waals surface area (Å²) in [6.07, 6.45) is 0.997. The zero-order chi connectivity index (χ0) is 15.6. The molecule has 0 saturated carbocycles. The number of benzene rings is 1. The maximum Gasteiger partial charge on any atom is 0.245 e. The summed E-state index contributed by atoms with van der Waals surface area (Å²) in [6, 6.07) is 7.42. The molecule has 0 radical (unpaired) electrons. The highest BCUT2D eigenvalue weighted by Gasteiger charge is 2.39. The number of nitrogens with zero attached hydrogens (tertiary/aromatic N) is 1. The van der Waals surface area contributed by atoms with Gasteiger partial charge in [-0.3, -0.25) is 9.59 Å². The van der Waals surface area contributed by atoms with Crippen molar-refractivity contribution in [3.8, 4) is 0 Å². The zero-order valence-corrected chi connectivity index (χ0v) is 13.2. The Labute approximate surface area is 126 Å². The van der Waals surface area contributed by atoms with E-state index in [1.807, 2.05) is 26.0 Å². The number of hydrogen-bond acceptors (Lipinski definition) is 2. The third-order valence-corrected chi connectivity index (χ3v) is 4.03. The van der Waals surface area contributed by atoms with Gasteiger partial charge in [0.25, 0.3) is 0 Å². The Morgan fingerprint density at radius 3 is 2.24 bits per heavy atom. The molecule has 1 aromatic carbocycles. The summed E-state index contributed by atoms with van der Waals surface area (Å²) >= 11 is 0. The Balaban J connectivity index is 2.23. The van der Waals surface area contributed by atoms with E-state index in [9.17, 15) is 9.59 Å². The quantitative estimate of drug-likeness (QED) is 0.922. The summed E-state index contributed by atoms with van der Waals surface area (Å²) in [5.74, 6) is 0.0338. The molecular weight excluding hydrogens is 264 g/mol. The minimum absolute atomic E-state index is 0.00660. The van der Waals surface area contributed by atoms with Gasteiger partial charge >= 0.3 is 0 Å². The molecule has 2 unspecified atom stereocenters. The second-order valence-corrected chi connectivity index (χ2v) is 6.06. The van der Waals surface area contributed by atoms with Gasteiger partial charge in [-0.1, -0.05) is 45.0 Å². The van der Waals surface area contributed by atoms with Crippen LogP contribution in [0.5, 0.6) is 0 Å². The molecule has 21 heavy (non-hydrogen) atoms. The second kappa shape index (κ2) is 6.29. The third kappa shape index (κ3) is 3.26. The molecule has 114 valence electrons. The van der Waals surface area contributed by atoms with Crippen molar-refractivity contribution < 1.29 is 9.59 Å². The van der Waals surface area contributed by atoms with Crippen LogP contribution in [-0.4, -0.2) is 28.8 Å². The number of nitrogens with one attached hydrogen (secondary N) is 1. The monoisotopic (exact) mass is 288 g/mol. The van der Waals surface area contributed by atoms with Crippen LogP contribution in [0.1, 0.15) is 38.8 Å². The molecule has 0 aliphatic carbocycles. The number of aryl methyl sites for hydroxylation is 1. The van der Waals surface area contributed by atoms with E-state index in [4.69, 9.17) is 0 Å². The smallest absolute Gasteiger partial charge is 0.245 e. The Kier molecular flexibility index (Phi) is 4.66. The van der Waals surface area contributed by atoms with E-state index in [0.29, 0.717) is 6.54 Å². The molecule has 1 heterocycles. The number of carbonyl (C=O) groups is 2. The van der Waals surface area contributed by atoms with Crippen LogP contribution in [-0.2, 0) is 22.6 Å². The van der Waals surface area contributed by atoms with Gasteiger partial charge in [-0.05, 0) is 30.4 Å². The van der Waals surface area contributed by atoms with Gasteiger partial charge in [0.2, 0.25) is 11.8 Å². The van der Waals surface area contributed by atoms with Crippen molar-refractivity contribution >= 4 is 11.8 Å². The van der Waals surface area contributed by atoms with Gasteiger partial charge in [-0.25, -0.2) is 0 Å². The molecular formula is C17H24N2O2. The lowest BCUT2D eigenvalue weighted by atomic mass is 9.96. The van der Waals surface area contributed by atoms with Crippen molar-refractivity contribution in [2.45, 2.75) is 52.7 Å². The zero-order valence-electron chi connectivity index (χ0n) is 13.2. The van der Waals surface area contributed by atoms with Crippen molar-refractivity contribution in [1.82, 2.24) is 10.2 Å². The lowest BCUT2D eigenvalue weighted by molar-refractivity contribution is -0.151. The van der Waals surface area contributed by atoms with Crippen molar-refractivity contribution in [2.75, 3.05) is 0 Å². The van der Waals surface area contributed by atoms with Gasteiger partial charge < -0.3 is 10.2 Å². The number of piperazine rings is 1. The van der Waals surface area contributed by atoms with E-state index in [0.717, 1.165) is 12.0 Å². The van der Waals surface area contributed by atoms with Crippen LogP contribution in [0, 0.1) is 5.92 Å². The van der Waals surface area contributed by atoms with E-state index in [2.05, 4.69) is 24.4 Å². The molecule has 0 aromatic heterocycles. The van der Waals surface area contributed by atoms with Crippen LogP contribution in [0.4, 0.5) is 0 Å². The van der Waals surface area contributed by atoms with E-state index in [1.54, 1.807) is 11.8 Å². The summed E-state index contributed by atoms with van der Waals surface area (Å²) in [7, 11) is 0. The van der Waals surface area contributed by atoms with Gasteiger partial charge in [-0.2, -0.15) is 0 Å². The number of carbonyl (C=O) groups excluding carboxylic acids is 2. The minimum atomic E-state index is -0.442. The summed E-state index contributed by atoms with van der Waals surface area (Å²) < 4.78 is 0. The lowest BCUT2D eigenvalue weighted by Gasteiger charge is -2.40. The summed E-state index contributed by atoms with van der Waals surface area (Å²) in [5.41, 5.74) is 2.34. The molecule has 4 heteroatoms. The highest BCUT2D eigenvalue weighted by molar-refractivity contribution is 5.96. The summed E-state index contributed by atoms with van der Waals surface area (Å²) in [4.78, 5) is 26.3. The highest BCUT2D eigenvalue weighted by atomic mass is 16.2. The molecule has 1 N–H and O–H groups in total. The van der Waals surface area contributed by atoms with Crippen LogP contribution in [0.2, 0.25) is 0 Å². The highest BCUT2D eigenvalue weighted by Crippen LogP contribution is 2.20. The molecule has 0 spiro atoms. The summed E-state index contributed by atoms with van der Waals surface area (Å²) in [6.45, 7) is 8.29. The first-order chi connectivity index (χ1) is 9.93. The van der Waals surface area contributed by atoms with Crippen LogP contribution >= 0.6 is 0 Å². The molecule has 1 aromatic rings. The molecule has 1 aliphatic heterocycles. The van der Waals surface area contributed by atoms with Gasteiger partial charge in [0, 0.05) is 6.54 Å². The van der Waals surface area contributed by atoms with E-state index >= 15 is 0 Å². The molecule has 1 saturated heterocycles. The molecule has 2 rings (SSSR count). The normalized spacial score (nSPS) is 22.6. The first-order valence-electron chi connectivity index (χ1n) is 7.62. The fourth-order valence-corrected chi connectivity index (χ4v) is 2.80. The minimum Gasteiger partial charge on any atom is -0.343 e. The van der Waals surface area contributed by atoms with E-state index in [-0.39, 0.29) is 23.8 Å². The maximum atomic E-state index is 12.4. The Morgan fingerprint density at radius 1 is 1.14 bits per heavy atom. The first-order valence-corrected chi connectivity index (χ1v) is 7.62. The summed E-state index contributed by atoms with van der Waals surface area (Å²) in [5, 5.41) is 2.76. The third-order valence-electron chi connectivity index (χ3n) is 4.03. The SMILES string of the molecule is CCc1ccc(CN2C(=O)C(C)NC(=O)C2C(C)C)cc1. The Bertz CT molecular complexity index is 522. The van der Waals surface area contributed by atoms with Crippen molar-refractivity contribution in [2.24, 2.45) is 5.92 Å². The van der Waals surface area contributed by atoms with Gasteiger partial charge in [0.1, 0.15) is 12.1 Å². The van der Waals surface area contributed by atoms with Crippen molar-refractivity contribution in [3.05, 3.63) is 35.4 Å². The number of hydrogen-bond donors (Lipinski definition) is 1. The average Bonchev–Trinajstić information content (AvgIpc) is 2.44. The molecule has 4 nitrogen and oxygen atoms in total. The predicted molar refractivity (Wildman–Crippen MR) is 82.6 cm³/mol. The number of rotatable bonds is 4. The molecule has 1 aliphatic rings. The van der Waals surface area contributed by atoms with Crippen molar-refractivity contribution in [1.29, 1.82) is 0 Å². The van der Waals surface area contributed by atoms with Gasteiger partial charge in [0.05, 0.1) is 0 Å². The first kappa shape index (κ1) is 15.5. The maximum absolute atomic E-state index is 12.4. The largest absolute Gasteiger partial charge is 0.343 e. The average molecular weight is 288 g/mol. The topological polar surface area (TPSA) is 49.4 Å². The Hall–Kier alpha value is -1.84. The molecule has 2 atom stereocenters. The van der Waals surface area contributed by atoms with Crippen LogP contribution in [0.25, 0.3) is 0 Å². The Morgan fingerprint density at radius 2 is 1.71 bits per heavy atom. The molecule has 0 bridgehead atoms. The van der Waals surface area contributed by atoms with Crippen LogP contribution < -0.4 is 5.32 Å². The van der Waals surface area contributed by atoms with Crippen LogP contribution in [0.3, 0.4) is 0 Å². The van der Waals surface area contributed by atoms with E-state index in [1.165, 1.54) is 5.56 Å². The fraction of sp³-hybridized carbons (Fsp3) is 0.529. The number of amides is 2. The second-order valence-electron chi connectivity index (χ2n) is 6.06. The fourth-order valence-electron chi connectivity index (χ4n) is 2.80. The lowest BCUT2D eigenvalue weighted by Crippen LogP contribution is -2.63. The standard InChI is InChI=1S/C17H24N2O2/c1-5-13-6-8-14(9-7-13)10-19-15(11(2)3)16(20)18-12(4)17(19)21/h6-9,11-12,15H,5,10H2,1-4H3,(H,18,20).